The number of likely N-dealkylation sites (tertiary alicyclic amines) is 1. The number of nitrogens with zero attached hydrogens (tertiary/aromatic N) is 1. The molecule has 0 aromatic rings. The quantitative estimate of drug-likeness (QED) is 0.279. The van der Waals surface area contributed by atoms with Crippen molar-refractivity contribution in [1.82, 2.24) is 4.90 Å². The van der Waals surface area contributed by atoms with E-state index < -0.39 is 0 Å². The number of carbonyl (C=O) groups is 3. The lowest BCUT2D eigenvalue weighted by Gasteiger charge is -2.34. The van der Waals surface area contributed by atoms with Gasteiger partial charge in [0.25, 0.3) is 0 Å². The fraction of sp³-hybridized carbons (Fsp3) is 0.762. The predicted octanol–water partition coefficient (Wildman–Crippen LogP) is 4.20. The summed E-state index contributed by atoms with van der Waals surface area (Å²) in [4.78, 5) is 37.2. The second kappa shape index (κ2) is 13.5. The summed E-state index contributed by atoms with van der Waals surface area (Å²) in [6.07, 6.45) is 14.0. The third-order valence-corrected chi connectivity index (χ3v) is 4.90. The van der Waals surface area contributed by atoms with E-state index in [4.69, 9.17) is 0 Å². The van der Waals surface area contributed by atoms with Crippen LogP contribution in [0.25, 0.3) is 0 Å². The molecule has 1 aliphatic heterocycles. The first-order chi connectivity index (χ1) is 12.6. The number of ether oxygens (including phenoxy) is 1. The van der Waals surface area contributed by atoms with E-state index in [9.17, 15) is 14.4 Å². The van der Waals surface area contributed by atoms with Gasteiger partial charge in [-0.25, -0.2) is 0 Å². The van der Waals surface area contributed by atoms with Gasteiger partial charge in [0.2, 0.25) is 5.91 Å². The van der Waals surface area contributed by atoms with Gasteiger partial charge in [0.05, 0.1) is 13.2 Å². The molecule has 5 heteroatoms. The van der Waals surface area contributed by atoms with E-state index >= 15 is 0 Å². The number of carbonyl (C=O) groups excluding carboxylic acids is 3. The minimum absolute atomic E-state index is 0.0569. The number of methoxy groups -OCH3 is 1. The molecular weight excluding hydrogens is 330 g/mol. The largest absolute Gasteiger partial charge is 0.469 e. The molecule has 0 bridgehead atoms. The lowest BCUT2D eigenvalue weighted by molar-refractivity contribution is -0.140. The Kier molecular flexibility index (Phi) is 11.7. The van der Waals surface area contributed by atoms with Crippen LogP contribution in [0.1, 0.15) is 84.0 Å². The molecule has 0 aromatic carbocycles. The van der Waals surface area contributed by atoms with Gasteiger partial charge in [-0.1, -0.05) is 38.7 Å². The van der Waals surface area contributed by atoms with Gasteiger partial charge in [0, 0.05) is 25.8 Å². The van der Waals surface area contributed by atoms with Crippen LogP contribution >= 0.6 is 0 Å². The van der Waals surface area contributed by atoms with Gasteiger partial charge in [-0.3, -0.25) is 14.4 Å². The Morgan fingerprint density at radius 2 is 1.85 bits per heavy atom. The number of hydrogen-bond acceptors (Lipinski definition) is 4. The minimum atomic E-state index is -0.162. The lowest BCUT2D eigenvalue weighted by atomic mass is 9.99. The number of rotatable bonds is 13. The zero-order chi connectivity index (χ0) is 19.2. The molecule has 0 N–H and O–H groups in total. The van der Waals surface area contributed by atoms with Crippen LogP contribution in [-0.2, 0) is 19.1 Å². The molecule has 0 saturated carbocycles. The van der Waals surface area contributed by atoms with E-state index in [-0.39, 0.29) is 23.7 Å². The highest BCUT2D eigenvalue weighted by molar-refractivity contribution is 5.89. The Bertz CT molecular complexity index is 473. The van der Waals surface area contributed by atoms with Gasteiger partial charge in [0.1, 0.15) is 0 Å². The summed E-state index contributed by atoms with van der Waals surface area (Å²) in [5.41, 5.74) is 0. The van der Waals surface area contributed by atoms with Crippen molar-refractivity contribution in [1.29, 1.82) is 0 Å². The molecule has 1 rings (SSSR count). The highest BCUT2D eigenvalue weighted by Gasteiger charge is 2.25. The van der Waals surface area contributed by atoms with Crippen LogP contribution in [0.15, 0.2) is 12.2 Å². The molecule has 1 unspecified atom stereocenters. The fourth-order valence-corrected chi connectivity index (χ4v) is 3.30. The van der Waals surface area contributed by atoms with Crippen LogP contribution in [0.2, 0.25) is 0 Å². The van der Waals surface area contributed by atoms with Gasteiger partial charge >= 0.3 is 5.97 Å². The normalized spacial score (nSPS) is 17.7. The summed E-state index contributed by atoms with van der Waals surface area (Å²) < 4.78 is 4.63. The minimum Gasteiger partial charge on any atom is -0.469 e. The summed E-state index contributed by atoms with van der Waals surface area (Å²) in [6.45, 7) is 2.86. The van der Waals surface area contributed by atoms with Crippen molar-refractivity contribution >= 4 is 17.7 Å². The third kappa shape index (κ3) is 9.16. The van der Waals surface area contributed by atoms with Crippen molar-refractivity contribution in [3.63, 3.8) is 0 Å². The topological polar surface area (TPSA) is 63.7 Å². The van der Waals surface area contributed by atoms with E-state index in [1.165, 1.54) is 7.11 Å². The van der Waals surface area contributed by atoms with E-state index in [0.29, 0.717) is 19.3 Å². The van der Waals surface area contributed by atoms with Crippen molar-refractivity contribution in [2.75, 3.05) is 13.7 Å². The second-order valence-corrected chi connectivity index (χ2v) is 7.07. The first-order valence-electron chi connectivity index (χ1n) is 10.2. The maximum atomic E-state index is 12.3. The molecule has 0 radical (unpaired) electrons. The van der Waals surface area contributed by atoms with Crippen LogP contribution in [0.5, 0.6) is 0 Å². The SMILES string of the molecule is CCCCCC(=O)C=CC1CCCC(=O)N1CCCCCCC(=O)OC. The molecule has 0 aromatic heterocycles. The smallest absolute Gasteiger partial charge is 0.305 e. The van der Waals surface area contributed by atoms with Gasteiger partial charge in [-0.05, 0) is 38.2 Å². The van der Waals surface area contributed by atoms with Crippen molar-refractivity contribution < 1.29 is 19.1 Å². The molecular formula is C21H35NO4. The van der Waals surface area contributed by atoms with Crippen LogP contribution in [0.4, 0.5) is 0 Å². The zero-order valence-electron chi connectivity index (χ0n) is 16.5. The Labute approximate surface area is 158 Å². The molecule has 1 saturated heterocycles. The average Bonchev–Trinajstić information content (AvgIpc) is 2.64. The first kappa shape index (κ1) is 22.4. The first-order valence-corrected chi connectivity index (χ1v) is 10.2. The molecule has 1 atom stereocenters. The maximum absolute atomic E-state index is 12.3. The van der Waals surface area contributed by atoms with Gasteiger partial charge in [0.15, 0.2) is 5.78 Å². The molecule has 1 amide bonds. The van der Waals surface area contributed by atoms with Gasteiger partial charge < -0.3 is 9.64 Å². The van der Waals surface area contributed by atoms with Gasteiger partial charge in [-0.15, -0.1) is 0 Å². The zero-order valence-corrected chi connectivity index (χ0v) is 16.5. The Morgan fingerprint density at radius 1 is 1.12 bits per heavy atom. The standard InChI is InChI=1S/C21H35NO4/c1-3-4-7-12-19(23)16-15-18-11-10-13-20(24)22(18)17-9-6-5-8-14-21(25)26-2/h15-16,18H,3-14,17H2,1-2H3. The number of ketones is 1. The van der Waals surface area contributed by atoms with Crippen LogP contribution < -0.4 is 0 Å². The fourth-order valence-electron chi connectivity index (χ4n) is 3.30. The van der Waals surface area contributed by atoms with Gasteiger partial charge in [-0.2, -0.15) is 0 Å². The average molecular weight is 366 g/mol. The molecule has 26 heavy (non-hydrogen) atoms. The van der Waals surface area contributed by atoms with E-state index in [2.05, 4.69) is 11.7 Å². The molecule has 0 aliphatic carbocycles. The van der Waals surface area contributed by atoms with E-state index in [1.54, 1.807) is 6.08 Å². The summed E-state index contributed by atoms with van der Waals surface area (Å²) in [7, 11) is 1.41. The molecule has 0 spiro atoms. The van der Waals surface area contributed by atoms with E-state index in [1.807, 2.05) is 11.0 Å². The number of unbranched alkanes of at least 4 members (excludes halogenated alkanes) is 5. The number of allylic oxidation sites excluding steroid dienone is 1. The Hall–Kier alpha value is -1.65. The summed E-state index contributed by atoms with van der Waals surface area (Å²) in [6, 6.07) is 0.0569. The molecule has 5 nitrogen and oxygen atoms in total. The molecule has 1 aliphatic rings. The summed E-state index contributed by atoms with van der Waals surface area (Å²) in [5.74, 6) is 0.197. The molecule has 1 heterocycles. The van der Waals surface area contributed by atoms with E-state index in [0.717, 1.165) is 64.3 Å². The molecule has 1 fully saturated rings. The highest BCUT2D eigenvalue weighted by atomic mass is 16.5. The van der Waals surface area contributed by atoms with Crippen molar-refractivity contribution in [2.24, 2.45) is 0 Å². The van der Waals surface area contributed by atoms with Crippen LogP contribution in [0.3, 0.4) is 0 Å². The second-order valence-electron chi connectivity index (χ2n) is 7.07. The number of esters is 1. The number of hydrogen-bond donors (Lipinski definition) is 0. The highest BCUT2D eigenvalue weighted by Crippen LogP contribution is 2.20. The maximum Gasteiger partial charge on any atom is 0.305 e. The van der Waals surface area contributed by atoms with Crippen molar-refractivity contribution in [2.45, 2.75) is 90.0 Å². The number of piperidine rings is 1. The van der Waals surface area contributed by atoms with Crippen molar-refractivity contribution in [3.8, 4) is 0 Å². The van der Waals surface area contributed by atoms with Crippen molar-refractivity contribution in [3.05, 3.63) is 12.2 Å². The Balaban J connectivity index is 2.36. The summed E-state index contributed by atoms with van der Waals surface area (Å²) >= 11 is 0. The predicted molar refractivity (Wildman–Crippen MR) is 103 cm³/mol. The Morgan fingerprint density at radius 3 is 2.58 bits per heavy atom. The van der Waals surface area contributed by atoms with Crippen LogP contribution in [0, 0.1) is 0 Å². The summed E-state index contributed by atoms with van der Waals surface area (Å²) in [5, 5.41) is 0. The van der Waals surface area contributed by atoms with Crippen LogP contribution in [-0.4, -0.2) is 42.3 Å². The number of amides is 1. The molecule has 148 valence electrons. The lowest BCUT2D eigenvalue weighted by Crippen LogP contribution is -2.43. The monoisotopic (exact) mass is 365 g/mol. The third-order valence-electron chi connectivity index (χ3n) is 4.90.